The third-order valence-corrected chi connectivity index (χ3v) is 6.23. The summed E-state index contributed by atoms with van der Waals surface area (Å²) in [6.45, 7) is 7.37. The van der Waals surface area contributed by atoms with E-state index in [-0.39, 0.29) is 43.6 Å². The molecule has 0 fully saturated rings. The highest BCUT2D eigenvalue weighted by Gasteiger charge is 2.33. The van der Waals surface area contributed by atoms with Gasteiger partial charge in [-0.05, 0) is 31.1 Å². The molecule has 0 aliphatic carbocycles. The van der Waals surface area contributed by atoms with Crippen LogP contribution >= 0.6 is 0 Å². The predicted molar refractivity (Wildman–Crippen MR) is 139 cm³/mol. The number of primary amides is 1. The van der Waals surface area contributed by atoms with Crippen LogP contribution in [-0.4, -0.2) is 71.4 Å². The van der Waals surface area contributed by atoms with E-state index in [2.05, 4.69) is 20.9 Å². The fraction of sp³-hybridized carbons (Fsp3) is 0.739. The first-order chi connectivity index (χ1) is 17.2. The van der Waals surface area contributed by atoms with Gasteiger partial charge in [0.1, 0.15) is 18.1 Å². The molecule has 4 amide bonds. The molecule has 0 aliphatic rings. The van der Waals surface area contributed by atoms with Crippen LogP contribution in [0.25, 0.3) is 0 Å². The highest BCUT2D eigenvalue weighted by molar-refractivity contribution is 5.94. The van der Waals surface area contributed by atoms with Crippen LogP contribution < -0.4 is 38.9 Å². The summed E-state index contributed by atoms with van der Waals surface area (Å²) < 4.78 is 0. The first-order valence-electron chi connectivity index (χ1n) is 12.5. The third-order valence-electron chi connectivity index (χ3n) is 6.23. The number of carbonyl (C=O) groups excluding carboxylic acids is 4. The van der Waals surface area contributed by atoms with Crippen LogP contribution in [0.15, 0.2) is 4.99 Å². The van der Waals surface area contributed by atoms with Gasteiger partial charge in [-0.3, -0.25) is 24.2 Å². The Bertz CT molecular complexity index is 817. The molecule has 0 bridgehead atoms. The molecular formula is C23H44N8O6. The number of amides is 4. The largest absolute Gasteiger partial charge is 0.480 e. The van der Waals surface area contributed by atoms with Gasteiger partial charge in [0.2, 0.25) is 23.6 Å². The summed E-state index contributed by atoms with van der Waals surface area (Å²) in [7, 11) is 0. The molecule has 0 aliphatic heterocycles. The van der Waals surface area contributed by atoms with E-state index in [1.807, 2.05) is 6.92 Å². The summed E-state index contributed by atoms with van der Waals surface area (Å²) >= 11 is 0. The Morgan fingerprint density at radius 1 is 0.811 bits per heavy atom. The van der Waals surface area contributed by atoms with Crippen molar-refractivity contribution >= 4 is 35.6 Å². The standard InChI is InChI=1S/C23H44N8O6/c1-5-12(3)17(25)20(34)29-14(9-10-16(24)32)19(33)31-18(13(4)6-2)21(35)30-15(22(36)37)8-7-11-28-23(26)27/h12-15,17-18H,5-11,25H2,1-4H3,(H2,24,32)(H,29,34)(H,30,35)(H,31,33)(H,36,37)(H4,26,27,28). The Hall–Kier alpha value is -3.42. The lowest BCUT2D eigenvalue weighted by Gasteiger charge is -2.28. The Balaban J connectivity index is 5.61. The average molecular weight is 529 g/mol. The van der Waals surface area contributed by atoms with Gasteiger partial charge < -0.3 is 44.0 Å². The van der Waals surface area contributed by atoms with Crippen LogP contribution in [-0.2, 0) is 24.0 Å². The minimum absolute atomic E-state index is 0.0593. The average Bonchev–Trinajstić information content (AvgIpc) is 2.84. The van der Waals surface area contributed by atoms with Gasteiger partial charge in [-0.25, -0.2) is 4.79 Å². The molecule has 0 spiro atoms. The second-order valence-corrected chi connectivity index (χ2v) is 9.20. The number of rotatable bonds is 18. The van der Waals surface area contributed by atoms with Crippen molar-refractivity contribution in [2.45, 2.75) is 90.4 Å². The maximum atomic E-state index is 13.1. The molecule has 14 nitrogen and oxygen atoms in total. The van der Waals surface area contributed by atoms with Crippen molar-refractivity contribution in [1.29, 1.82) is 0 Å². The smallest absolute Gasteiger partial charge is 0.326 e. The first-order valence-corrected chi connectivity index (χ1v) is 12.5. The van der Waals surface area contributed by atoms with Crippen LogP contribution in [0.1, 0.15) is 66.2 Å². The van der Waals surface area contributed by atoms with Gasteiger partial charge in [-0.15, -0.1) is 0 Å². The second-order valence-electron chi connectivity index (χ2n) is 9.20. The number of aliphatic imine (C=N–C) groups is 1. The van der Waals surface area contributed by atoms with E-state index < -0.39 is 53.8 Å². The topological polar surface area (TPSA) is 258 Å². The summed E-state index contributed by atoms with van der Waals surface area (Å²) in [4.78, 5) is 65.6. The zero-order valence-electron chi connectivity index (χ0n) is 22.2. The molecule has 0 aromatic carbocycles. The number of carboxylic acids is 1. The molecule has 14 heteroatoms. The fourth-order valence-corrected chi connectivity index (χ4v) is 3.31. The van der Waals surface area contributed by atoms with Gasteiger partial charge in [0.25, 0.3) is 0 Å². The molecule has 37 heavy (non-hydrogen) atoms. The number of carboxylic acid groups (broad SMARTS) is 1. The van der Waals surface area contributed by atoms with E-state index in [1.54, 1.807) is 20.8 Å². The Labute approximate surface area is 217 Å². The summed E-state index contributed by atoms with van der Waals surface area (Å²) in [5.41, 5.74) is 21.7. The van der Waals surface area contributed by atoms with Crippen LogP contribution in [0.5, 0.6) is 0 Å². The SMILES string of the molecule is CCC(C)C(N)C(=O)NC(CCC(N)=O)C(=O)NC(C(=O)NC(CCCN=C(N)N)C(=O)O)C(C)CC. The number of nitrogens with zero attached hydrogens (tertiary/aromatic N) is 1. The zero-order valence-corrected chi connectivity index (χ0v) is 22.2. The van der Waals surface area contributed by atoms with Crippen LogP contribution in [0.2, 0.25) is 0 Å². The van der Waals surface area contributed by atoms with E-state index in [0.717, 1.165) is 0 Å². The van der Waals surface area contributed by atoms with E-state index in [4.69, 9.17) is 22.9 Å². The Kier molecular flexibility index (Phi) is 15.5. The van der Waals surface area contributed by atoms with Crippen LogP contribution in [0.3, 0.4) is 0 Å². The molecule has 12 N–H and O–H groups in total. The molecular weight excluding hydrogens is 484 g/mol. The predicted octanol–water partition coefficient (Wildman–Crippen LogP) is -1.74. The zero-order chi connectivity index (χ0) is 28.7. The number of nitrogens with one attached hydrogen (secondary N) is 3. The van der Waals surface area contributed by atoms with Crippen molar-refractivity contribution in [3.63, 3.8) is 0 Å². The van der Waals surface area contributed by atoms with Gasteiger partial charge in [-0.2, -0.15) is 0 Å². The number of nitrogens with two attached hydrogens (primary N) is 4. The van der Waals surface area contributed by atoms with Gasteiger partial charge in [0.15, 0.2) is 5.96 Å². The number of aliphatic carboxylic acids is 1. The van der Waals surface area contributed by atoms with Gasteiger partial charge in [-0.1, -0.05) is 40.5 Å². The van der Waals surface area contributed by atoms with Gasteiger partial charge in [0.05, 0.1) is 6.04 Å². The number of hydrogen-bond acceptors (Lipinski definition) is 7. The normalized spacial score (nSPS) is 15.7. The maximum Gasteiger partial charge on any atom is 0.326 e. The van der Waals surface area contributed by atoms with E-state index in [0.29, 0.717) is 19.3 Å². The summed E-state index contributed by atoms with van der Waals surface area (Å²) in [6, 6.07) is -4.39. The van der Waals surface area contributed by atoms with Crippen molar-refractivity contribution in [1.82, 2.24) is 16.0 Å². The molecule has 0 radical (unpaired) electrons. The number of guanidine groups is 1. The van der Waals surface area contributed by atoms with Gasteiger partial charge >= 0.3 is 5.97 Å². The summed E-state index contributed by atoms with van der Waals surface area (Å²) in [5.74, 6) is -4.57. The molecule has 0 heterocycles. The lowest BCUT2D eigenvalue weighted by molar-refractivity contribution is -0.143. The molecule has 6 unspecified atom stereocenters. The molecule has 6 atom stereocenters. The number of hydrogen-bond donors (Lipinski definition) is 8. The lowest BCUT2D eigenvalue weighted by Crippen LogP contribution is -2.59. The fourth-order valence-electron chi connectivity index (χ4n) is 3.31. The van der Waals surface area contributed by atoms with Crippen LogP contribution in [0.4, 0.5) is 0 Å². The number of carbonyl (C=O) groups is 5. The quantitative estimate of drug-likeness (QED) is 0.0569. The van der Waals surface area contributed by atoms with Crippen LogP contribution in [0, 0.1) is 11.8 Å². The Morgan fingerprint density at radius 3 is 1.86 bits per heavy atom. The van der Waals surface area contributed by atoms with E-state index in [9.17, 15) is 29.1 Å². The van der Waals surface area contributed by atoms with Crippen molar-refractivity contribution in [2.75, 3.05) is 6.54 Å². The van der Waals surface area contributed by atoms with Crippen molar-refractivity contribution in [3.8, 4) is 0 Å². The van der Waals surface area contributed by atoms with Crippen molar-refractivity contribution in [3.05, 3.63) is 0 Å². The van der Waals surface area contributed by atoms with Gasteiger partial charge in [0, 0.05) is 13.0 Å². The van der Waals surface area contributed by atoms with Crippen molar-refractivity contribution < 1.29 is 29.1 Å². The molecule has 0 rings (SSSR count). The minimum atomic E-state index is -1.25. The first kappa shape index (κ1) is 33.6. The minimum Gasteiger partial charge on any atom is -0.480 e. The molecule has 0 aromatic heterocycles. The van der Waals surface area contributed by atoms with E-state index >= 15 is 0 Å². The summed E-state index contributed by atoms with van der Waals surface area (Å²) in [6.07, 6.45) is 1.19. The summed E-state index contributed by atoms with van der Waals surface area (Å²) in [5, 5.41) is 17.1. The molecule has 0 saturated heterocycles. The molecule has 0 saturated carbocycles. The van der Waals surface area contributed by atoms with Crippen molar-refractivity contribution in [2.24, 2.45) is 39.8 Å². The Morgan fingerprint density at radius 2 is 1.38 bits per heavy atom. The van der Waals surface area contributed by atoms with E-state index in [1.165, 1.54) is 0 Å². The maximum absolute atomic E-state index is 13.1. The highest BCUT2D eigenvalue weighted by Crippen LogP contribution is 2.12. The highest BCUT2D eigenvalue weighted by atomic mass is 16.4. The molecule has 212 valence electrons. The second kappa shape index (κ2) is 17.1. The lowest BCUT2D eigenvalue weighted by atomic mass is 9.96. The monoisotopic (exact) mass is 528 g/mol. The molecule has 0 aromatic rings. The third kappa shape index (κ3) is 12.9.